The molecule has 1 aliphatic rings. The van der Waals surface area contributed by atoms with Crippen molar-refractivity contribution in [2.75, 3.05) is 44.7 Å². The molecule has 1 aromatic rings. The average molecular weight is 307 g/mol. The SMILES string of the molecule is CCCN1CCN(c2ccc(OC)cc2)CC1.Cl.Cl. The molecule has 0 amide bonds. The molecular formula is C14H24Cl2N2O. The minimum Gasteiger partial charge on any atom is -0.497 e. The highest BCUT2D eigenvalue weighted by Crippen LogP contribution is 2.20. The zero-order chi connectivity index (χ0) is 12.1. The third-order valence-corrected chi connectivity index (χ3v) is 3.35. The van der Waals surface area contributed by atoms with Gasteiger partial charge < -0.3 is 9.64 Å². The normalized spacial score (nSPS) is 15.4. The maximum absolute atomic E-state index is 5.18. The fraction of sp³-hybridized carbons (Fsp3) is 0.571. The minimum absolute atomic E-state index is 0. The fourth-order valence-corrected chi connectivity index (χ4v) is 2.34. The summed E-state index contributed by atoms with van der Waals surface area (Å²) in [6.45, 7) is 8.10. The number of ether oxygens (including phenoxy) is 1. The van der Waals surface area contributed by atoms with Gasteiger partial charge in [-0.05, 0) is 37.2 Å². The minimum atomic E-state index is 0. The van der Waals surface area contributed by atoms with E-state index in [9.17, 15) is 0 Å². The standard InChI is InChI=1S/C14H22N2O.2ClH/c1-3-8-15-9-11-16(12-10-15)13-4-6-14(17-2)7-5-13;;/h4-7H,3,8-12H2,1-2H3;2*1H. The van der Waals surface area contributed by atoms with E-state index >= 15 is 0 Å². The smallest absolute Gasteiger partial charge is 0.119 e. The quantitative estimate of drug-likeness (QED) is 0.850. The predicted octanol–water partition coefficient (Wildman–Crippen LogP) is 3.07. The Morgan fingerprint density at radius 1 is 1.00 bits per heavy atom. The van der Waals surface area contributed by atoms with E-state index in [1.54, 1.807) is 7.11 Å². The van der Waals surface area contributed by atoms with Gasteiger partial charge in [0.1, 0.15) is 5.75 Å². The molecule has 0 radical (unpaired) electrons. The Balaban J connectivity index is 0.00000162. The van der Waals surface area contributed by atoms with Gasteiger partial charge in [-0.15, -0.1) is 24.8 Å². The van der Waals surface area contributed by atoms with Crippen LogP contribution in [-0.2, 0) is 0 Å². The fourth-order valence-electron chi connectivity index (χ4n) is 2.34. The van der Waals surface area contributed by atoms with Gasteiger partial charge in [-0.25, -0.2) is 0 Å². The molecule has 0 aromatic heterocycles. The summed E-state index contributed by atoms with van der Waals surface area (Å²) in [5.74, 6) is 0.929. The third kappa shape index (κ3) is 5.09. The lowest BCUT2D eigenvalue weighted by molar-refractivity contribution is 0.258. The Morgan fingerprint density at radius 2 is 1.58 bits per heavy atom. The number of benzene rings is 1. The Hall–Kier alpha value is -0.640. The second-order valence-corrected chi connectivity index (χ2v) is 4.53. The number of hydrogen-bond acceptors (Lipinski definition) is 3. The molecule has 1 heterocycles. The Morgan fingerprint density at radius 3 is 2.05 bits per heavy atom. The first-order valence-corrected chi connectivity index (χ1v) is 6.45. The summed E-state index contributed by atoms with van der Waals surface area (Å²) in [5, 5.41) is 0. The van der Waals surface area contributed by atoms with Crippen molar-refractivity contribution in [3.05, 3.63) is 24.3 Å². The van der Waals surface area contributed by atoms with Crippen molar-refractivity contribution in [2.45, 2.75) is 13.3 Å². The van der Waals surface area contributed by atoms with Crippen molar-refractivity contribution < 1.29 is 4.74 Å². The maximum atomic E-state index is 5.18. The van der Waals surface area contributed by atoms with Crippen LogP contribution in [-0.4, -0.2) is 44.7 Å². The molecule has 5 heteroatoms. The summed E-state index contributed by atoms with van der Waals surface area (Å²) >= 11 is 0. The largest absolute Gasteiger partial charge is 0.497 e. The molecule has 1 aromatic carbocycles. The number of piperazine rings is 1. The van der Waals surface area contributed by atoms with Crippen LogP contribution in [0.1, 0.15) is 13.3 Å². The van der Waals surface area contributed by atoms with Gasteiger partial charge in [0.15, 0.2) is 0 Å². The number of halogens is 2. The van der Waals surface area contributed by atoms with Gasteiger partial charge >= 0.3 is 0 Å². The van der Waals surface area contributed by atoms with E-state index in [4.69, 9.17) is 4.74 Å². The summed E-state index contributed by atoms with van der Waals surface area (Å²) in [7, 11) is 1.71. The molecule has 2 rings (SSSR count). The molecular weight excluding hydrogens is 283 g/mol. The first-order valence-electron chi connectivity index (χ1n) is 6.45. The van der Waals surface area contributed by atoms with Crippen LogP contribution in [0.5, 0.6) is 5.75 Å². The van der Waals surface area contributed by atoms with Gasteiger partial charge in [0, 0.05) is 31.9 Å². The molecule has 0 aliphatic carbocycles. The lowest BCUT2D eigenvalue weighted by Crippen LogP contribution is -2.46. The van der Waals surface area contributed by atoms with E-state index in [0.29, 0.717) is 0 Å². The van der Waals surface area contributed by atoms with E-state index in [-0.39, 0.29) is 24.8 Å². The van der Waals surface area contributed by atoms with Crippen LogP contribution in [0.15, 0.2) is 24.3 Å². The average Bonchev–Trinajstić information content (AvgIpc) is 2.40. The summed E-state index contributed by atoms with van der Waals surface area (Å²) < 4.78 is 5.18. The van der Waals surface area contributed by atoms with E-state index < -0.39 is 0 Å². The number of nitrogens with zero attached hydrogens (tertiary/aromatic N) is 2. The van der Waals surface area contributed by atoms with E-state index in [1.807, 2.05) is 12.1 Å². The molecule has 0 spiro atoms. The van der Waals surface area contributed by atoms with Crippen molar-refractivity contribution in [2.24, 2.45) is 0 Å². The van der Waals surface area contributed by atoms with Crippen molar-refractivity contribution in [3.8, 4) is 5.75 Å². The number of anilines is 1. The molecule has 0 atom stereocenters. The lowest BCUT2D eigenvalue weighted by Gasteiger charge is -2.36. The van der Waals surface area contributed by atoms with Gasteiger partial charge in [0.25, 0.3) is 0 Å². The van der Waals surface area contributed by atoms with Crippen LogP contribution in [0.25, 0.3) is 0 Å². The molecule has 1 aliphatic heterocycles. The zero-order valence-corrected chi connectivity index (χ0v) is 13.3. The van der Waals surface area contributed by atoms with E-state index in [0.717, 1.165) is 18.8 Å². The van der Waals surface area contributed by atoms with Crippen molar-refractivity contribution >= 4 is 30.5 Å². The van der Waals surface area contributed by atoms with Crippen LogP contribution in [0.2, 0.25) is 0 Å². The molecule has 19 heavy (non-hydrogen) atoms. The molecule has 0 bridgehead atoms. The molecule has 0 saturated carbocycles. The summed E-state index contributed by atoms with van der Waals surface area (Å²) in [6.07, 6.45) is 1.25. The topological polar surface area (TPSA) is 15.7 Å². The Bertz CT molecular complexity index is 338. The molecule has 110 valence electrons. The molecule has 0 N–H and O–H groups in total. The number of hydrogen-bond donors (Lipinski definition) is 0. The molecule has 1 fully saturated rings. The maximum Gasteiger partial charge on any atom is 0.119 e. The summed E-state index contributed by atoms with van der Waals surface area (Å²) in [4.78, 5) is 4.99. The molecule has 0 unspecified atom stereocenters. The summed E-state index contributed by atoms with van der Waals surface area (Å²) in [5.41, 5.74) is 1.31. The van der Waals surface area contributed by atoms with Gasteiger partial charge in [0.05, 0.1) is 7.11 Å². The summed E-state index contributed by atoms with van der Waals surface area (Å²) in [6, 6.07) is 8.37. The first kappa shape index (κ1) is 18.4. The highest BCUT2D eigenvalue weighted by atomic mass is 35.5. The Labute approximate surface area is 128 Å². The first-order chi connectivity index (χ1) is 8.33. The molecule has 3 nitrogen and oxygen atoms in total. The van der Waals surface area contributed by atoms with Crippen molar-refractivity contribution in [3.63, 3.8) is 0 Å². The van der Waals surface area contributed by atoms with Crippen LogP contribution in [0, 0.1) is 0 Å². The number of rotatable bonds is 4. The zero-order valence-electron chi connectivity index (χ0n) is 11.7. The lowest BCUT2D eigenvalue weighted by atomic mass is 10.2. The second-order valence-electron chi connectivity index (χ2n) is 4.53. The van der Waals surface area contributed by atoms with E-state index in [2.05, 4.69) is 28.9 Å². The second kappa shape index (κ2) is 9.29. The highest BCUT2D eigenvalue weighted by molar-refractivity contribution is 5.85. The van der Waals surface area contributed by atoms with Crippen LogP contribution < -0.4 is 9.64 Å². The van der Waals surface area contributed by atoms with Crippen molar-refractivity contribution in [1.29, 1.82) is 0 Å². The predicted molar refractivity (Wildman–Crippen MR) is 86.4 cm³/mol. The van der Waals surface area contributed by atoms with Crippen LogP contribution in [0.4, 0.5) is 5.69 Å². The monoisotopic (exact) mass is 306 g/mol. The van der Waals surface area contributed by atoms with Crippen LogP contribution in [0.3, 0.4) is 0 Å². The third-order valence-electron chi connectivity index (χ3n) is 3.35. The van der Waals surface area contributed by atoms with Gasteiger partial charge in [0.2, 0.25) is 0 Å². The molecule has 1 saturated heterocycles. The van der Waals surface area contributed by atoms with Crippen LogP contribution >= 0.6 is 24.8 Å². The van der Waals surface area contributed by atoms with Crippen molar-refractivity contribution in [1.82, 2.24) is 4.90 Å². The number of methoxy groups -OCH3 is 1. The van der Waals surface area contributed by atoms with Gasteiger partial charge in [-0.3, -0.25) is 4.90 Å². The van der Waals surface area contributed by atoms with Gasteiger partial charge in [-0.2, -0.15) is 0 Å². The highest BCUT2D eigenvalue weighted by Gasteiger charge is 2.16. The van der Waals surface area contributed by atoms with Gasteiger partial charge in [-0.1, -0.05) is 6.92 Å². The van der Waals surface area contributed by atoms with E-state index in [1.165, 1.54) is 31.7 Å². The Kier molecular flexibility index (Phi) is 8.98.